The van der Waals surface area contributed by atoms with Gasteiger partial charge in [-0.25, -0.2) is 17.9 Å². The Bertz CT molecular complexity index is 705. The molecule has 4 amide bonds. The van der Waals surface area contributed by atoms with E-state index in [1.165, 1.54) is 0 Å². The predicted molar refractivity (Wildman–Crippen MR) is 95.6 cm³/mol. The predicted octanol–water partition coefficient (Wildman–Crippen LogP) is -0.211. The van der Waals surface area contributed by atoms with Gasteiger partial charge in [-0.3, -0.25) is 14.5 Å². The van der Waals surface area contributed by atoms with E-state index in [2.05, 4.69) is 36.1 Å². The Kier molecular flexibility index (Phi) is 5.67. The first-order valence-corrected chi connectivity index (χ1v) is 10.6. The van der Waals surface area contributed by atoms with Crippen molar-refractivity contribution in [1.82, 2.24) is 20.3 Å². The maximum atomic E-state index is 12.9. The quantitative estimate of drug-likeness (QED) is 0.429. The first-order chi connectivity index (χ1) is 11.8. The molecule has 2 atom stereocenters. The van der Waals surface area contributed by atoms with Gasteiger partial charge in [-0.15, -0.1) is 0 Å². The molecular formula is C16H28N4O5S. The lowest BCUT2D eigenvalue weighted by molar-refractivity contribution is -0.137. The maximum Gasteiger partial charge on any atom is 0.325 e. The molecule has 1 aliphatic carbocycles. The van der Waals surface area contributed by atoms with Crippen LogP contribution in [0.3, 0.4) is 0 Å². The van der Waals surface area contributed by atoms with Crippen LogP contribution in [0.1, 0.15) is 40.0 Å². The fraction of sp³-hybridized carbons (Fsp3) is 0.812. The Hall–Kier alpha value is -1.68. The summed E-state index contributed by atoms with van der Waals surface area (Å²) in [6.45, 7) is 5.96. The van der Waals surface area contributed by atoms with Crippen LogP contribution in [0.15, 0.2) is 0 Å². The number of hydrogen-bond acceptors (Lipinski definition) is 5. The molecule has 2 aliphatic rings. The third kappa shape index (κ3) is 4.94. The van der Waals surface area contributed by atoms with Crippen LogP contribution in [-0.4, -0.2) is 62.6 Å². The molecule has 0 bridgehead atoms. The van der Waals surface area contributed by atoms with Crippen LogP contribution in [0.5, 0.6) is 0 Å². The Balaban J connectivity index is 1.95. The lowest BCUT2D eigenvalue weighted by Crippen LogP contribution is -2.54. The number of carbonyl (C=O) groups is 3. The van der Waals surface area contributed by atoms with Crippen molar-refractivity contribution in [3.63, 3.8) is 0 Å². The highest BCUT2D eigenvalue weighted by Gasteiger charge is 2.56. The van der Waals surface area contributed by atoms with Crippen molar-refractivity contribution in [2.45, 2.75) is 45.6 Å². The van der Waals surface area contributed by atoms with E-state index in [1.807, 2.05) is 0 Å². The highest BCUT2D eigenvalue weighted by atomic mass is 32.2. The summed E-state index contributed by atoms with van der Waals surface area (Å²) >= 11 is 0. The fourth-order valence-electron chi connectivity index (χ4n) is 4.29. The number of imide groups is 1. The molecule has 3 N–H and O–H groups in total. The third-order valence-electron chi connectivity index (χ3n) is 4.74. The summed E-state index contributed by atoms with van der Waals surface area (Å²) < 4.78 is 24.2. The van der Waals surface area contributed by atoms with Gasteiger partial charge >= 0.3 is 6.03 Å². The van der Waals surface area contributed by atoms with Crippen LogP contribution in [0, 0.1) is 11.3 Å². The smallest absolute Gasteiger partial charge is 0.325 e. The highest BCUT2D eigenvalue weighted by Crippen LogP contribution is 2.46. The molecule has 0 aromatic heterocycles. The summed E-state index contributed by atoms with van der Waals surface area (Å²) in [5, 5.41) is 5.31. The second kappa shape index (κ2) is 7.15. The molecule has 0 unspecified atom stereocenters. The molecule has 0 aromatic carbocycles. The summed E-state index contributed by atoms with van der Waals surface area (Å²) in [4.78, 5) is 38.2. The standard InChI is InChI=1S/C16H28N4O5S/c1-11-7-15(2,3)10-16(8-11)13(22)20(14(23)19-16)9-12(21)17-5-6-18-26(4,24)25/h11,18H,5-10H2,1-4H3,(H,17,21)(H,19,23)/t11-,16-/m0/s1. The Labute approximate surface area is 154 Å². The van der Waals surface area contributed by atoms with Crippen molar-refractivity contribution < 1.29 is 22.8 Å². The van der Waals surface area contributed by atoms with Gasteiger partial charge in [0.1, 0.15) is 12.1 Å². The Morgan fingerprint density at radius 3 is 2.50 bits per heavy atom. The molecule has 0 radical (unpaired) electrons. The molecule has 1 aliphatic heterocycles. The van der Waals surface area contributed by atoms with Gasteiger partial charge in [-0.1, -0.05) is 20.8 Å². The minimum absolute atomic E-state index is 0.0420. The second-order valence-electron chi connectivity index (χ2n) is 8.27. The summed E-state index contributed by atoms with van der Waals surface area (Å²) in [5.41, 5.74) is -1.01. The van der Waals surface area contributed by atoms with Gasteiger partial charge in [0.05, 0.1) is 6.26 Å². The summed E-state index contributed by atoms with van der Waals surface area (Å²) in [7, 11) is -3.33. The summed E-state index contributed by atoms with van der Waals surface area (Å²) in [6.07, 6.45) is 3.11. The highest BCUT2D eigenvalue weighted by molar-refractivity contribution is 7.88. The molecule has 2 fully saturated rings. The number of amides is 4. The number of carbonyl (C=O) groups excluding carboxylic acids is 3. The van der Waals surface area contributed by atoms with Crippen LogP contribution in [0.25, 0.3) is 0 Å². The van der Waals surface area contributed by atoms with Crippen molar-refractivity contribution in [1.29, 1.82) is 0 Å². The van der Waals surface area contributed by atoms with E-state index in [4.69, 9.17) is 0 Å². The SMILES string of the molecule is C[C@H]1CC(C)(C)C[C@]2(C1)NC(=O)N(CC(=O)NCCNS(C)(=O)=O)C2=O. The van der Waals surface area contributed by atoms with Gasteiger partial charge in [0.25, 0.3) is 5.91 Å². The number of nitrogens with zero attached hydrogens (tertiary/aromatic N) is 1. The molecule has 0 aromatic rings. The average Bonchev–Trinajstić information content (AvgIpc) is 2.64. The first-order valence-electron chi connectivity index (χ1n) is 8.69. The molecular weight excluding hydrogens is 360 g/mol. The van der Waals surface area contributed by atoms with Crippen molar-refractivity contribution >= 4 is 27.9 Å². The minimum atomic E-state index is -3.33. The molecule has 1 saturated heterocycles. The summed E-state index contributed by atoms with van der Waals surface area (Å²) in [5.74, 6) is -0.575. The Morgan fingerprint density at radius 2 is 1.92 bits per heavy atom. The van der Waals surface area contributed by atoms with Gasteiger partial charge < -0.3 is 10.6 Å². The monoisotopic (exact) mass is 388 g/mol. The Morgan fingerprint density at radius 1 is 1.27 bits per heavy atom. The molecule has 26 heavy (non-hydrogen) atoms. The number of hydrogen-bond donors (Lipinski definition) is 3. The van der Waals surface area contributed by atoms with Crippen LogP contribution in [-0.2, 0) is 19.6 Å². The number of sulfonamides is 1. The van der Waals surface area contributed by atoms with Crippen LogP contribution in [0.4, 0.5) is 4.79 Å². The zero-order chi connectivity index (χ0) is 19.8. The van der Waals surface area contributed by atoms with Gasteiger partial charge in [0.2, 0.25) is 15.9 Å². The van der Waals surface area contributed by atoms with Crippen molar-refractivity contribution in [2.75, 3.05) is 25.9 Å². The lowest BCUT2D eigenvalue weighted by atomic mass is 9.64. The normalized spacial score (nSPS) is 28.3. The van der Waals surface area contributed by atoms with Crippen LogP contribution < -0.4 is 15.4 Å². The number of urea groups is 1. The van der Waals surface area contributed by atoms with E-state index < -0.39 is 27.5 Å². The van der Waals surface area contributed by atoms with Crippen LogP contribution in [0.2, 0.25) is 0 Å². The van der Waals surface area contributed by atoms with Gasteiger partial charge in [-0.2, -0.15) is 0 Å². The molecule has 9 nitrogen and oxygen atoms in total. The van der Waals surface area contributed by atoms with Crippen molar-refractivity contribution in [3.05, 3.63) is 0 Å². The fourth-order valence-corrected chi connectivity index (χ4v) is 4.76. The largest absolute Gasteiger partial charge is 0.353 e. The van der Waals surface area contributed by atoms with E-state index in [1.54, 1.807) is 0 Å². The number of nitrogens with one attached hydrogen (secondary N) is 3. The zero-order valence-corrected chi connectivity index (χ0v) is 16.5. The van der Waals surface area contributed by atoms with Gasteiger partial charge in [0, 0.05) is 13.1 Å². The molecule has 1 saturated carbocycles. The molecule has 10 heteroatoms. The third-order valence-corrected chi connectivity index (χ3v) is 5.47. The van der Waals surface area contributed by atoms with E-state index in [-0.39, 0.29) is 31.0 Å². The minimum Gasteiger partial charge on any atom is -0.353 e. The van der Waals surface area contributed by atoms with Crippen LogP contribution >= 0.6 is 0 Å². The second-order valence-corrected chi connectivity index (χ2v) is 10.1. The van der Waals surface area contributed by atoms with E-state index >= 15 is 0 Å². The van der Waals surface area contributed by atoms with Crippen molar-refractivity contribution in [2.24, 2.45) is 11.3 Å². The average molecular weight is 388 g/mol. The number of rotatable bonds is 6. The summed E-state index contributed by atoms with van der Waals surface area (Å²) in [6, 6.07) is -0.552. The van der Waals surface area contributed by atoms with Gasteiger partial charge in [-0.05, 0) is 30.6 Å². The van der Waals surface area contributed by atoms with Crippen molar-refractivity contribution in [3.8, 4) is 0 Å². The van der Waals surface area contributed by atoms with E-state index in [9.17, 15) is 22.8 Å². The maximum absolute atomic E-state index is 12.9. The molecule has 1 spiro atoms. The molecule has 2 rings (SSSR count). The zero-order valence-electron chi connectivity index (χ0n) is 15.7. The lowest BCUT2D eigenvalue weighted by Gasteiger charge is -2.43. The molecule has 148 valence electrons. The first kappa shape index (κ1) is 20.6. The topological polar surface area (TPSA) is 125 Å². The van der Waals surface area contributed by atoms with Gasteiger partial charge in [0.15, 0.2) is 0 Å². The molecule has 1 heterocycles. The van der Waals surface area contributed by atoms with E-state index in [0.717, 1.165) is 17.6 Å². The van der Waals surface area contributed by atoms with E-state index in [0.29, 0.717) is 18.8 Å².